The minimum atomic E-state index is -0.209. The average molecular weight is 376 g/mol. The summed E-state index contributed by atoms with van der Waals surface area (Å²) in [4.78, 5) is 13.1. The lowest BCUT2D eigenvalue weighted by Crippen LogP contribution is -2.22. The van der Waals surface area contributed by atoms with E-state index < -0.39 is 0 Å². The topological polar surface area (TPSA) is 26.3 Å². The van der Waals surface area contributed by atoms with Gasteiger partial charge in [0.2, 0.25) is 0 Å². The molecule has 0 aliphatic carbocycles. The van der Waals surface area contributed by atoms with E-state index in [1.807, 2.05) is 12.1 Å². The third-order valence-corrected chi connectivity index (χ3v) is 6.82. The van der Waals surface area contributed by atoms with Gasteiger partial charge in [0.15, 0.2) is 20.1 Å². The first kappa shape index (κ1) is 17.7. The van der Waals surface area contributed by atoms with Gasteiger partial charge in [0.1, 0.15) is 11.4 Å². The normalized spacial score (nSPS) is 12.5. The summed E-state index contributed by atoms with van der Waals surface area (Å²) in [6, 6.07) is 23.1. The lowest BCUT2D eigenvalue weighted by molar-refractivity contribution is 0.101. The molecule has 1 atom stereocenters. The Morgan fingerprint density at radius 3 is 2.19 bits per heavy atom. The second kappa shape index (κ2) is 6.50. The molecule has 3 aromatic carbocycles. The van der Waals surface area contributed by atoms with Crippen LogP contribution in [-0.2, 0) is 0 Å². The highest BCUT2D eigenvalue weighted by atomic mass is 32.2. The summed E-state index contributed by atoms with van der Waals surface area (Å²) < 4.78 is 8.57. The van der Waals surface area contributed by atoms with Crippen molar-refractivity contribution in [1.82, 2.24) is 0 Å². The van der Waals surface area contributed by atoms with Crippen LogP contribution in [0.3, 0.4) is 0 Å². The van der Waals surface area contributed by atoms with Crippen LogP contribution in [-0.4, -0.2) is 11.4 Å². The molecule has 1 unspecified atom stereocenters. The standard InChI is InChI=1S/C24H23O2S/c1-16(25)17-9-14-23-21(15-17)20-7-5-6-8-22(20)27(23)19-12-10-18(11-13-19)26-24(2,3)4/h5-15H,1-4H3/q+1. The maximum absolute atomic E-state index is 11.8. The number of ketones is 1. The van der Waals surface area contributed by atoms with Crippen molar-refractivity contribution in [2.24, 2.45) is 0 Å². The largest absolute Gasteiger partial charge is 0.488 e. The summed E-state index contributed by atoms with van der Waals surface area (Å²) in [5.74, 6) is 0.986. The molecule has 2 nitrogen and oxygen atoms in total. The first-order valence-electron chi connectivity index (χ1n) is 9.11. The third kappa shape index (κ3) is 3.35. The average Bonchev–Trinajstić information content (AvgIpc) is 2.95. The Hall–Kier alpha value is -2.65. The minimum absolute atomic E-state index is 0.103. The molecule has 136 valence electrons. The van der Waals surface area contributed by atoms with E-state index in [4.69, 9.17) is 4.74 Å². The number of ether oxygens (including phenoxy) is 1. The summed E-state index contributed by atoms with van der Waals surface area (Å²) in [7, 11) is -0.160. The molecule has 4 rings (SSSR count). The van der Waals surface area contributed by atoms with Crippen LogP contribution in [0.25, 0.3) is 25.1 Å². The highest BCUT2D eigenvalue weighted by Gasteiger charge is 2.24. The van der Waals surface area contributed by atoms with E-state index in [1.54, 1.807) is 6.92 Å². The first-order valence-corrected chi connectivity index (χ1v) is 10.3. The van der Waals surface area contributed by atoms with Crippen molar-refractivity contribution >= 4 is 36.4 Å². The summed E-state index contributed by atoms with van der Waals surface area (Å²) in [6.07, 6.45) is 0. The lowest BCUT2D eigenvalue weighted by Gasteiger charge is -2.20. The number of rotatable bonds is 3. The number of carbonyl (C=O) groups is 1. The van der Waals surface area contributed by atoms with Crippen LogP contribution in [0, 0.1) is 0 Å². The molecule has 1 heterocycles. The molecule has 0 saturated heterocycles. The van der Waals surface area contributed by atoms with Crippen LogP contribution in [0.2, 0.25) is 0 Å². The Morgan fingerprint density at radius 1 is 0.852 bits per heavy atom. The van der Waals surface area contributed by atoms with Crippen molar-refractivity contribution in [3.8, 4) is 10.6 Å². The molecule has 0 aliphatic rings. The number of carbonyl (C=O) groups excluding carboxylic acids is 1. The fourth-order valence-corrected chi connectivity index (χ4v) is 5.73. The van der Waals surface area contributed by atoms with Gasteiger partial charge in [-0.05, 0) is 70.2 Å². The number of hydrogen-bond donors (Lipinski definition) is 0. The van der Waals surface area contributed by atoms with E-state index in [2.05, 4.69) is 75.4 Å². The Bertz CT molecular complexity index is 1140. The molecular weight excluding hydrogens is 352 g/mol. The highest BCUT2D eigenvalue weighted by molar-refractivity contribution is 7.50. The van der Waals surface area contributed by atoms with Gasteiger partial charge in [0.05, 0.1) is 0 Å². The maximum atomic E-state index is 11.8. The Balaban J connectivity index is 1.91. The van der Waals surface area contributed by atoms with Crippen molar-refractivity contribution < 1.29 is 9.53 Å². The van der Waals surface area contributed by atoms with Gasteiger partial charge in [0, 0.05) is 38.9 Å². The second-order valence-electron chi connectivity index (χ2n) is 7.76. The van der Waals surface area contributed by atoms with Crippen LogP contribution in [0.4, 0.5) is 0 Å². The van der Waals surface area contributed by atoms with Gasteiger partial charge in [-0.2, -0.15) is 0 Å². The fourth-order valence-electron chi connectivity index (χ4n) is 3.37. The van der Waals surface area contributed by atoms with Gasteiger partial charge < -0.3 is 4.74 Å². The van der Waals surface area contributed by atoms with E-state index in [0.29, 0.717) is 0 Å². The van der Waals surface area contributed by atoms with Crippen molar-refractivity contribution in [1.29, 1.82) is 0 Å². The number of benzene rings is 3. The zero-order valence-corrected chi connectivity index (χ0v) is 16.9. The molecule has 0 fully saturated rings. The lowest BCUT2D eigenvalue weighted by atomic mass is 10.1. The molecule has 1 aromatic heterocycles. The molecule has 0 aliphatic heterocycles. The summed E-state index contributed by atoms with van der Waals surface area (Å²) in [6.45, 7) is 7.78. The number of hydrogen-bond acceptors (Lipinski definition) is 2. The Labute approximate surface area is 162 Å². The van der Waals surface area contributed by atoms with Gasteiger partial charge in [-0.15, -0.1) is 0 Å². The van der Waals surface area contributed by atoms with E-state index in [1.165, 1.54) is 25.1 Å². The zero-order chi connectivity index (χ0) is 19.2. The van der Waals surface area contributed by atoms with Gasteiger partial charge in [0.25, 0.3) is 0 Å². The molecular formula is C24H23O2S+. The minimum Gasteiger partial charge on any atom is -0.488 e. The third-order valence-electron chi connectivity index (χ3n) is 4.49. The van der Waals surface area contributed by atoms with Crippen molar-refractivity contribution in [2.45, 2.75) is 33.3 Å². The predicted molar refractivity (Wildman–Crippen MR) is 116 cm³/mol. The van der Waals surface area contributed by atoms with Crippen molar-refractivity contribution in [3.63, 3.8) is 0 Å². The van der Waals surface area contributed by atoms with E-state index in [0.717, 1.165) is 11.3 Å². The predicted octanol–water partition coefficient (Wildman–Crippen LogP) is 7.11. The molecule has 0 bridgehead atoms. The smallest absolute Gasteiger partial charge is 0.187 e. The molecule has 0 amide bonds. The van der Waals surface area contributed by atoms with Crippen LogP contribution in [0.5, 0.6) is 5.75 Å². The zero-order valence-electron chi connectivity index (χ0n) is 16.1. The second-order valence-corrected chi connectivity index (χ2v) is 9.72. The van der Waals surface area contributed by atoms with Gasteiger partial charge in [-0.1, -0.05) is 12.1 Å². The summed E-state index contributed by atoms with van der Waals surface area (Å²) >= 11 is 0. The fraction of sp³-hybridized carbons (Fsp3) is 0.208. The number of Topliss-reactive ketones (excluding diaryl/α,β-unsaturated/α-hetero) is 1. The maximum Gasteiger partial charge on any atom is 0.187 e. The molecule has 4 aromatic rings. The van der Waals surface area contributed by atoms with E-state index >= 15 is 0 Å². The Kier molecular flexibility index (Phi) is 4.27. The molecule has 0 spiro atoms. The number of thiophene rings is 1. The van der Waals surface area contributed by atoms with E-state index in [-0.39, 0.29) is 21.9 Å². The highest BCUT2D eigenvalue weighted by Crippen LogP contribution is 2.48. The molecule has 0 N–H and O–H groups in total. The molecule has 0 radical (unpaired) electrons. The Morgan fingerprint density at radius 2 is 1.52 bits per heavy atom. The molecule has 0 saturated carbocycles. The monoisotopic (exact) mass is 375 g/mol. The van der Waals surface area contributed by atoms with Gasteiger partial charge in [-0.3, -0.25) is 4.79 Å². The summed E-state index contributed by atoms with van der Waals surface area (Å²) in [5.41, 5.74) is 0.558. The van der Waals surface area contributed by atoms with Gasteiger partial charge in [-0.25, -0.2) is 0 Å². The molecule has 27 heavy (non-hydrogen) atoms. The van der Waals surface area contributed by atoms with Crippen molar-refractivity contribution in [3.05, 3.63) is 72.3 Å². The SMILES string of the molecule is CC(=O)c1ccc2c(c1)c1ccccc1[s+]2-c1ccc(OC(C)(C)C)cc1. The van der Waals surface area contributed by atoms with Crippen LogP contribution >= 0.6 is 10.5 Å². The van der Waals surface area contributed by atoms with Crippen LogP contribution < -0.4 is 4.74 Å². The van der Waals surface area contributed by atoms with Crippen molar-refractivity contribution in [2.75, 3.05) is 0 Å². The summed E-state index contributed by atoms with van der Waals surface area (Å²) in [5, 5.41) is 2.41. The van der Waals surface area contributed by atoms with Gasteiger partial charge >= 0.3 is 0 Å². The quantitative estimate of drug-likeness (QED) is 0.282. The molecule has 3 heteroatoms. The van der Waals surface area contributed by atoms with Crippen LogP contribution in [0.15, 0.2) is 66.7 Å². The van der Waals surface area contributed by atoms with E-state index in [9.17, 15) is 4.79 Å². The van der Waals surface area contributed by atoms with Crippen LogP contribution in [0.1, 0.15) is 38.1 Å². The first-order chi connectivity index (χ1) is 12.8. The number of fused-ring (bicyclic) bond motifs is 3.